The van der Waals surface area contributed by atoms with Gasteiger partial charge in [-0.05, 0) is 31.2 Å². The van der Waals surface area contributed by atoms with Crippen LogP contribution < -0.4 is 4.74 Å². The lowest BCUT2D eigenvalue weighted by molar-refractivity contribution is 0.482. The Kier molecular flexibility index (Phi) is 3.83. The van der Waals surface area contributed by atoms with Crippen LogP contribution in [-0.4, -0.2) is 0 Å². The van der Waals surface area contributed by atoms with Crippen molar-refractivity contribution in [1.29, 1.82) is 0 Å². The minimum absolute atomic E-state index is 0.729. The van der Waals surface area contributed by atoms with E-state index in [1.807, 2.05) is 36.4 Å². The van der Waals surface area contributed by atoms with E-state index >= 15 is 0 Å². The van der Waals surface area contributed by atoms with Crippen molar-refractivity contribution in [2.45, 2.75) is 6.92 Å². The molecule has 2 rings (SSSR count). The summed E-state index contributed by atoms with van der Waals surface area (Å²) in [6.45, 7) is 5.61. The van der Waals surface area contributed by atoms with Crippen LogP contribution in [0.4, 0.5) is 0 Å². The summed E-state index contributed by atoms with van der Waals surface area (Å²) < 4.78 is 5.31. The van der Waals surface area contributed by atoms with E-state index in [9.17, 15) is 0 Å². The molecular formula is C17H14O. The summed E-state index contributed by atoms with van der Waals surface area (Å²) in [6, 6.07) is 15.8. The maximum Gasteiger partial charge on any atom is 0.142 e. The van der Waals surface area contributed by atoms with Gasteiger partial charge in [-0.25, -0.2) is 0 Å². The third kappa shape index (κ3) is 3.02. The van der Waals surface area contributed by atoms with Gasteiger partial charge < -0.3 is 4.74 Å². The molecule has 0 N–H and O–H groups in total. The molecule has 88 valence electrons. The first kappa shape index (κ1) is 12.0. The van der Waals surface area contributed by atoms with Gasteiger partial charge in [0.05, 0.1) is 11.8 Å². The fourth-order valence-electron chi connectivity index (χ4n) is 1.54. The van der Waals surface area contributed by atoms with Crippen molar-refractivity contribution in [3.05, 3.63) is 78.1 Å². The molecular weight excluding hydrogens is 220 g/mol. The second-order valence-corrected chi connectivity index (χ2v) is 3.90. The standard InChI is InChI=1S/C17H14O/c1-3-18-17-7-5-4-6-16(17)13-12-15-10-8-14(2)9-11-15/h3-11H,1H2,2H3. The van der Waals surface area contributed by atoms with Crippen LogP contribution in [0, 0.1) is 18.8 Å². The van der Waals surface area contributed by atoms with Gasteiger partial charge in [-0.2, -0.15) is 0 Å². The number of benzene rings is 2. The molecule has 18 heavy (non-hydrogen) atoms. The SMILES string of the molecule is C=COc1ccccc1C#Cc1ccc(C)cc1. The highest BCUT2D eigenvalue weighted by atomic mass is 16.5. The van der Waals surface area contributed by atoms with E-state index in [0.29, 0.717) is 0 Å². The van der Waals surface area contributed by atoms with Crippen LogP contribution in [0.3, 0.4) is 0 Å². The number of para-hydroxylation sites is 1. The molecule has 2 aromatic carbocycles. The summed E-state index contributed by atoms with van der Waals surface area (Å²) in [4.78, 5) is 0. The summed E-state index contributed by atoms with van der Waals surface area (Å²) in [5, 5.41) is 0. The fourth-order valence-corrected chi connectivity index (χ4v) is 1.54. The average Bonchev–Trinajstić information content (AvgIpc) is 2.40. The van der Waals surface area contributed by atoms with Crippen LogP contribution in [0.5, 0.6) is 5.75 Å². The minimum atomic E-state index is 0.729. The van der Waals surface area contributed by atoms with E-state index in [4.69, 9.17) is 4.74 Å². The smallest absolute Gasteiger partial charge is 0.142 e. The molecule has 1 nitrogen and oxygen atoms in total. The van der Waals surface area contributed by atoms with E-state index in [1.165, 1.54) is 11.8 Å². The molecule has 0 spiro atoms. The highest BCUT2D eigenvalue weighted by Crippen LogP contribution is 2.16. The van der Waals surface area contributed by atoms with Gasteiger partial charge in [-0.3, -0.25) is 0 Å². The molecule has 2 aromatic rings. The Hall–Kier alpha value is -2.46. The van der Waals surface area contributed by atoms with Crippen molar-refractivity contribution < 1.29 is 4.74 Å². The number of rotatable bonds is 2. The second-order valence-electron chi connectivity index (χ2n) is 3.90. The molecule has 0 radical (unpaired) electrons. The number of aryl methyl sites for hydroxylation is 1. The molecule has 0 atom stereocenters. The van der Waals surface area contributed by atoms with Crippen LogP contribution in [0.15, 0.2) is 61.4 Å². The van der Waals surface area contributed by atoms with Crippen molar-refractivity contribution in [1.82, 2.24) is 0 Å². The number of hydrogen-bond acceptors (Lipinski definition) is 1. The van der Waals surface area contributed by atoms with Crippen molar-refractivity contribution in [2.75, 3.05) is 0 Å². The number of ether oxygens (including phenoxy) is 1. The van der Waals surface area contributed by atoms with Gasteiger partial charge in [0.2, 0.25) is 0 Å². The lowest BCUT2D eigenvalue weighted by Gasteiger charge is -2.01. The first-order chi connectivity index (χ1) is 8.79. The lowest BCUT2D eigenvalue weighted by atomic mass is 10.1. The molecule has 0 heterocycles. The van der Waals surface area contributed by atoms with Crippen LogP contribution in [0.1, 0.15) is 16.7 Å². The maximum atomic E-state index is 5.31. The van der Waals surface area contributed by atoms with Crippen LogP contribution >= 0.6 is 0 Å². The Morgan fingerprint density at radius 2 is 1.72 bits per heavy atom. The van der Waals surface area contributed by atoms with Crippen LogP contribution in [0.25, 0.3) is 0 Å². The predicted octanol–water partition coefficient (Wildman–Crippen LogP) is 3.92. The van der Waals surface area contributed by atoms with Gasteiger partial charge in [0.15, 0.2) is 0 Å². The molecule has 0 bridgehead atoms. The van der Waals surface area contributed by atoms with Gasteiger partial charge in [-0.15, -0.1) is 0 Å². The summed E-state index contributed by atoms with van der Waals surface area (Å²) in [5.74, 6) is 6.96. The number of hydrogen-bond donors (Lipinski definition) is 0. The predicted molar refractivity (Wildman–Crippen MR) is 74.4 cm³/mol. The highest BCUT2D eigenvalue weighted by molar-refractivity contribution is 5.50. The topological polar surface area (TPSA) is 9.23 Å². The van der Waals surface area contributed by atoms with Gasteiger partial charge in [0.1, 0.15) is 5.75 Å². The first-order valence-electron chi connectivity index (χ1n) is 5.75. The Morgan fingerprint density at radius 3 is 2.44 bits per heavy atom. The zero-order valence-corrected chi connectivity index (χ0v) is 10.3. The molecule has 0 aliphatic heterocycles. The van der Waals surface area contributed by atoms with Crippen LogP contribution in [-0.2, 0) is 0 Å². The Bertz CT molecular complexity index is 597. The normalized spacial score (nSPS) is 9.17. The van der Waals surface area contributed by atoms with Crippen molar-refractivity contribution in [2.24, 2.45) is 0 Å². The molecule has 0 unspecified atom stereocenters. The van der Waals surface area contributed by atoms with Gasteiger partial charge in [-0.1, -0.05) is 48.2 Å². The van der Waals surface area contributed by atoms with Crippen LogP contribution in [0.2, 0.25) is 0 Å². The molecule has 0 saturated heterocycles. The Balaban J connectivity index is 2.29. The summed E-state index contributed by atoms with van der Waals surface area (Å²) in [7, 11) is 0. The van der Waals surface area contributed by atoms with E-state index < -0.39 is 0 Å². The zero-order valence-electron chi connectivity index (χ0n) is 10.3. The Labute approximate surface area is 108 Å². The molecule has 0 saturated carbocycles. The van der Waals surface area contributed by atoms with Crippen molar-refractivity contribution in [3.8, 4) is 17.6 Å². The van der Waals surface area contributed by atoms with Gasteiger partial charge >= 0.3 is 0 Å². The fraction of sp³-hybridized carbons (Fsp3) is 0.0588. The van der Waals surface area contributed by atoms with E-state index in [0.717, 1.165) is 16.9 Å². The molecule has 0 aliphatic rings. The quantitative estimate of drug-likeness (QED) is 0.565. The molecule has 0 aliphatic carbocycles. The largest absolute Gasteiger partial charge is 0.464 e. The average molecular weight is 234 g/mol. The maximum absolute atomic E-state index is 5.31. The molecule has 1 heteroatoms. The third-order valence-corrected chi connectivity index (χ3v) is 2.49. The van der Waals surface area contributed by atoms with Gasteiger partial charge in [0, 0.05) is 5.56 Å². The summed E-state index contributed by atoms with van der Waals surface area (Å²) in [6.07, 6.45) is 1.41. The summed E-state index contributed by atoms with van der Waals surface area (Å²) >= 11 is 0. The molecule has 0 amide bonds. The van der Waals surface area contributed by atoms with E-state index in [2.05, 4.69) is 37.5 Å². The first-order valence-corrected chi connectivity index (χ1v) is 5.75. The molecule has 0 fully saturated rings. The molecule has 0 aromatic heterocycles. The highest BCUT2D eigenvalue weighted by Gasteiger charge is 1.97. The van der Waals surface area contributed by atoms with E-state index in [-0.39, 0.29) is 0 Å². The summed E-state index contributed by atoms with van der Waals surface area (Å²) in [5.41, 5.74) is 3.09. The lowest BCUT2D eigenvalue weighted by Crippen LogP contribution is -1.85. The van der Waals surface area contributed by atoms with E-state index in [1.54, 1.807) is 0 Å². The third-order valence-electron chi connectivity index (χ3n) is 2.49. The van der Waals surface area contributed by atoms with Crippen molar-refractivity contribution >= 4 is 0 Å². The van der Waals surface area contributed by atoms with Gasteiger partial charge in [0.25, 0.3) is 0 Å². The monoisotopic (exact) mass is 234 g/mol. The van der Waals surface area contributed by atoms with Crippen molar-refractivity contribution in [3.63, 3.8) is 0 Å². The zero-order chi connectivity index (χ0) is 12.8. The Morgan fingerprint density at radius 1 is 1.00 bits per heavy atom. The second kappa shape index (κ2) is 5.75. The minimum Gasteiger partial charge on any atom is -0.464 e.